The standard InChI is InChI=1S/C16H15FO2/c1-3-12-10-11(2)8-9-15(12)19-16(18)13-6-4-5-7-14(13)17/h4-10H,3H2,1-2H3. The van der Waals surface area contributed by atoms with Crippen molar-refractivity contribution in [2.24, 2.45) is 0 Å². The van der Waals surface area contributed by atoms with Crippen molar-refractivity contribution in [1.29, 1.82) is 0 Å². The molecule has 0 saturated carbocycles. The van der Waals surface area contributed by atoms with Gasteiger partial charge in [-0.2, -0.15) is 0 Å². The SMILES string of the molecule is CCc1cc(C)ccc1OC(=O)c1ccccc1F. The Morgan fingerprint density at radius 2 is 1.95 bits per heavy atom. The van der Waals surface area contributed by atoms with Crippen molar-refractivity contribution >= 4 is 5.97 Å². The number of ether oxygens (including phenoxy) is 1. The third-order valence-corrected chi connectivity index (χ3v) is 2.89. The normalized spacial score (nSPS) is 10.3. The minimum Gasteiger partial charge on any atom is -0.423 e. The summed E-state index contributed by atoms with van der Waals surface area (Å²) >= 11 is 0. The molecule has 0 aromatic heterocycles. The third kappa shape index (κ3) is 2.99. The molecule has 0 saturated heterocycles. The molecule has 3 heteroatoms. The van der Waals surface area contributed by atoms with Crippen LogP contribution in [0.5, 0.6) is 5.75 Å². The summed E-state index contributed by atoms with van der Waals surface area (Å²) in [5.41, 5.74) is 1.98. The minimum atomic E-state index is -0.670. The van der Waals surface area contributed by atoms with E-state index in [1.807, 2.05) is 26.0 Å². The summed E-state index contributed by atoms with van der Waals surface area (Å²) in [4.78, 5) is 11.9. The van der Waals surface area contributed by atoms with Gasteiger partial charge in [-0.1, -0.05) is 36.8 Å². The third-order valence-electron chi connectivity index (χ3n) is 2.89. The summed E-state index contributed by atoms with van der Waals surface area (Å²) in [6, 6.07) is 11.4. The lowest BCUT2D eigenvalue weighted by atomic mass is 10.1. The topological polar surface area (TPSA) is 26.3 Å². The zero-order chi connectivity index (χ0) is 13.8. The Hall–Kier alpha value is -2.16. The Labute approximate surface area is 111 Å². The maximum atomic E-state index is 13.5. The molecule has 2 aromatic carbocycles. The highest BCUT2D eigenvalue weighted by molar-refractivity contribution is 5.91. The van der Waals surface area contributed by atoms with E-state index in [1.165, 1.54) is 18.2 Å². The van der Waals surface area contributed by atoms with Crippen molar-refractivity contribution in [2.75, 3.05) is 0 Å². The number of carbonyl (C=O) groups excluding carboxylic acids is 1. The van der Waals surface area contributed by atoms with Crippen LogP contribution in [0.25, 0.3) is 0 Å². The lowest BCUT2D eigenvalue weighted by Gasteiger charge is -2.10. The molecule has 0 amide bonds. The van der Waals surface area contributed by atoms with Crippen molar-refractivity contribution < 1.29 is 13.9 Å². The summed E-state index contributed by atoms with van der Waals surface area (Å²) in [5, 5.41) is 0. The molecule has 0 bridgehead atoms. The summed E-state index contributed by atoms with van der Waals surface area (Å²) in [5.74, 6) is -0.754. The minimum absolute atomic E-state index is 0.0508. The van der Waals surface area contributed by atoms with Gasteiger partial charge in [-0.15, -0.1) is 0 Å². The van der Waals surface area contributed by atoms with E-state index in [2.05, 4.69) is 0 Å². The van der Waals surface area contributed by atoms with Gasteiger partial charge in [0.1, 0.15) is 11.6 Å². The fourth-order valence-corrected chi connectivity index (χ4v) is 1.87. The van der Waals surface area contributed by atoms with Gasteiger partial charge in [-0.05, 0) is 37.1 Å². The molecule has 2 rings (SSSR count). The summed E-state index contributed by atoms with van der Waals surface area (Å²) in [7, 11) is 0. The predicted octanol–water partition coefficient (Wildman–Crippen LogP) is 3.92. The maximum absolute atomic E-state index is 13.5. The first-order valence-corrected chi connectivity index (χ1v) is 6.18. The monoisotopic (exact) mass is 258 g/mol. The highest BCUT2D eigenvalue weighted by Crippen LogP contribution is 2.22. The van der Waals surface area contributed by atoms with Gasteiger partial charge >= 0.3 is 5.97 Å². The molecule has 0 unspecified atom stereocenters. The fourth-order valence-electron chi connectivity index (χ4n) is 1.87. The van der Waals surface area contributed by atoms with Gasteiger partial charge in [0.2, 0.25) is 0 Å². The molecule has 0 heterocycles. The predicted molar refractivity (Wildman–Crippen MR) is 71.9 cm³/mol. The first kappa shape index (κ1) is 13.3. The van der Waals surface area contributed by atoms with Crippen LogP contribution in [0, 0.1) is 12.7 Å². The second-order valence-corrected chi connectivity index (χ2v) is 4.33. The van der Waals surface area contributed by atoms with Crippen molar-refractivity contribution in [3.05, 3.63) is 65.0 Å². The van der Waals surface area contributed by atoms with Crippen LogP contribution in [-0.2, 0) is 6.42 Å². The van der Waals surface area contributed by atoms with Gasteiger partial charge in [0.15, 0.2) is 0 Å². The number of benzene rings is 2. The first-order chi connectivity index (χ1) is 9.11. The van der Waals surface area contributed by atoms with Crippen molar-refractivity contribution in [1.82, 2.24) is 0 Å². The fraction of sp³-hybridized carbons (Fsp3) is 0.188. The van der Waals surface area contributed by atoms with E-state index < -0.39 is 11.8 Å². The second-order valence-electron chi connectivity index (χ2n) is 4.33. The van der Waals surface area contributed by atoms with Gasteiger partial charge in [0.05, 0.1) is 5.56 Å². The molecule has 2 nitrogen and oxygen atoms in total. The van der Waals surface area contributed by atoms with Gasteiger partial charge < -0.3 is 4.74 Å². The average Bonchev–Trinajstić information content (AvgIpc) is 2.41. The summed E-state index contributed by atoms with van der Waals surface area (Å²) < 4.78 is 18.8. The molecule has 0 atom stereocenters. The van der Waals surface area contributed by atoms with E-state index >= 15 is 0 Å². The number of hydrogen-bond donors (Lipinski definition) is 0. The second kappa shape index (κ2) is 5.65. The van der Waals surface area contributed by atoms with E-state index in [4.69, 9.17) is 4.74 Å². The smallest absolute Gasteiger partial charge is 0.346 e. The van der Waals surface area contributed by atoms with E-state index in [0.29, 0.717) is 5.75 Å². The molecule has 19 heavy (non-hydrogen) atoms. The Bertz CT molecular complexity index is 605. The Balaban J connectivity index is 2.27. The molecule has 0 aliphatic rings. The van der Waals surface area contributed by atoms with Crippen LogP contribution in [0.3, 0.4) is 0 Å². The number of carbonyl (C=O) groups is 1. The van der Waals surface area contributed by atoms with E-state index in [-0.39, 0.29) is 5.56 Å². The lowest BCUT2D eigenvalue weighted by Crippen LogP contribution is -2.11. The van der Waals surface area contributed by atoms with Crippen LogP contribution in [0.2, 0.25) is 0 Å². The molecule has 0 fully saturated rings. The Kier molecular flexibility index (Phi) is 3.95. The molecule has 0 radical (unpaired) electrons. The van der Waals surface area contributed by atoms with Crippen LogP contribution in [0.15, 0.2) is 42.5 Å². The first-order valence-electron chi connectivity index (χ1n) is 6.18. The Morgan fingerprint density at radius 1 is 1.21 bits per heavy atom. The van der Waals surface area contributed by atoms with Gasteiger partial charge in [-0.3, -0.25) is 0 Å². The van der Waals surface area contributed by atoms with Crippen molar-refractivity contribution in [3.8, 4) is 5.75 Å². The number of esters is 1. The zero-order valence-corrected chi connectivity index (χ0v) is 10.9. The lowest BCUT2D eigenvalue weighted by molar-refractivity contribution is 0.0728. The number of hydrogen-bond acceptors (Lipinski definition) is 2. The average molecular weight is 258 g/mol. The molecule has 2 aromatic rings. The number of aryl methyl sites for hydroxylation is 2. The molecule has 0 aliphatic heterocycles. The van der Waals surface area contributed by atoms with Gasteiger partial charge in [-0.25, -0.2) is 9.18 Å². The number of rotatable bonds is 3. The molecule has 0 spiro atoms. The van der Waals surface area contributed by atoms with Gasteiger partial charge in [0, 0.05) is 0 Å². The molecule has 0 aliphatic carbocycles. The van der Waals surface area contributed by atoms with Crippen molar-refractivity contribution in [3.63, 3.8) is 0 Å². The number of halogens is 1. The van der Waals surface area contributed by atoms with E-state index in [0.717, 1.165) is 17.5 Å². The van der Waals surface area contributed by atoms with Crippen LogP contribution in [-0.4, -0.2) is 5.97 Å². The highest BCUT2D eigenvalue weighted by Gasteiger charge is 2.14. The van der Waals surface area contributed by atoms with Crippen LogP contribution in [0.1, 0.15) is 28.4 Å². The molecular formula is C16H15FO2. The Morgan fingerprint density at radius 3 is 2.63 bits per heavy atom. The molecular weight excluding hydrogens is 243 g/mol. The van der Waals surface area contributed by atoms with E-state index in [1.54, 1.807) is 12.1 Å². The zero-order valence-electron chi connectivity index (χ0n) is 10.9. The van der Waals surface area contributed by atoms with Gasteiger partial charge in [0.25, 0.3) is 0 Å². The van der Waals surface area contributed by atoms with E-state index in [9.17, 15) is 9.18 Å². The molecule has 98 valence electrons. The van der Waals surface area contributed by atoms with Crippen LogP contribution >= 0.6 is 0 Å². The largest absolute Gasteiger partial charge is 0.423 e. The van der Waals surface area contributed by atoms with Crippen LogP contribution < -0.4 is 4.74 Å². The summed E-state index contributed by atoms with van der Waals surface area (Å²) in [6.07, 6.45) is 0.752. The summed E-state index contributed by atoms with van der Waals surface area (Å²) in [6.45, 7) is 3.96. The molecule has 0 N–H and O–H groups in total. The van der Waals surface area contributed by atoms with Crippen molar-refractivity contribution in [2.45, 2.75) is 20.3 Å². The quantitative estimate of drug-likeness (QED) is 0.616. The highest BCUT2D eigenvalue weighted by atomic mass is 19.1. The maximum Gasteiger partial charge on any atom is 0.346 e. The van der Waals surface area contributed by atoms with Crippen LogP contribution in [0.4, 0.5) is 4.39 Å².